The highest BCUT2D eigenvalue weighted by Crippen LogP contribution is 2.37. The van der Waals surface area contributed by atoms with Crippen molar-refractivity contribution in [3.8, 4) is 5.88 Å². The van der Waals surface area contributed by atoms with E-state index in [4.69, 9.17) is 4.74 Å². The lowest BCUT2D eigenvalue weighted by Gasteiger charge is -2.30. The summed E-state index contributed by atoms with van der Waals surface area (Å²) in [7, 11) is 0. The van der Waals surface area contributed by atoms with Crippen LogP contribution in [0.15, 0.2) is 24.4 Å². The van der Waals surface area contributed by atoms with Gasteiger partial charge in [-0.05, 0) is 44.9 Å². The molecule has 5 nitrogen and oxygen atoms in total. The van der Waals surface area contributed by atoms with E-state index >= 15 is 0 Å². The van der Waals surface area contributed by atoms with Crippen molar-refractivity contribution >= 4 is 22.9 Å². The number of halogens is 5. The van der Waals surface area contributed by atoms with Gasteiger partial charge in [-0.2, -0.15) is 13.2 Å². The molecule has 11 heteroatoms. The summed E-state index contributed by atoms with van der Waals surface area (Å²) in [5.74, 6) is -2.79. The van der Waals surface area contributed by atoms with Crippen molar-refractivity contribution in [1.29, 1.82) is 0 Å². The number of ether oxygens (including phenoxy) is 1. The molecule has 0 radical (unpaired) electrons. The number of pyridine rings is 1. The number of carbonyl (C=O) groups is 1. The van der Waals surface area contributed by atoms with Crippen molar-refractivity contribution in [1.82, 2.24) is 10.3 Å². The first-order valence-electron chi connectivity index (χ1n) is 10.6. The zero-order chi connectivity index (χ0) is 24.2. The van der Waals surface area contributed by atoms with E-state index in [1.54, 1.807) is 17.0 Å². The van der Waals surface area contributed by atoms with Crippen molar-refractivity contribution in [2.24, 2.45) is 0 Å². The van der Waals surface area contributed by atoms with E-state index in [0.717, 1.165) is 24.1 Å². The standard InChI is InChI=1S/C22H26F5N3O2S/c1-14(5-3-4-8-21(2,23)24)29-19(31)18-7-6-16(33-18)13-30-9-10-32-20-17(30)11-15(12-28-20)22(25,26)27/h6-7,11-12,14H,3-5,8-10,13H2,1-2H3,(H,29,31)/t14-/m1/s1. The van der Waals surface area contributed by atoms with Gasteiger partial charge in [0.15, 0.2) is 0 Å². The van der Waals surface area contributed by atoms with E-state index < -0.39 is 17.7 Å². The molecule has 1 N–H and O–H groups in total. The molecule has 0 saturated heterocycles. The van der Waals surface area contributed by atoms with Crippen LogP contribution in [0.1, 0.15) is 59.6 Å². The van der Waals surface area contributed by atoms with Crippen molar-refractivity contribution in [3.63, 3.8) is 0 Å². The largest absolute Gasteiger partial charge is 0.474 e. The number of nitrogens with zero attached hydrogens (tertiary/aromatic N) is 2. The number of alkyl halides is 5. The second-order valence-electron chi connectivity index (χ2n) is 8.27. The molecule has 3 rings (SSSR count). The highest BCUT2D eigenvalue weighted by atomic mass is 32.1. The minimum atomic E-state index is -4.51. The van der Waals surface area contributed by atoms with E-state index in [1.165, 1.54) is 11.3 Å². The van der Waals surface area contributed by atoms with Gasteiger partial charge in [0, 0.05) is 23.5 Å². The fourth-order valence-corrected chi connectivity index (χ4v) is 4.42. The number of amides is 1. The SMILES string of the molecule is C[C@H](CCCCC(C)(F)F)NC(=O)c1ccc(CN2CCOc3ncc(C(F)(F)F)cc32)s1. The van der Waals surface area contributed by atoms with Crippen LogP contribution >= 0.6 is 11.3 Å². The summed E-state index contributed by atoms with van der Waals surface area (Å²) in [5.41, 5.74) is -0.582. The molecule has 1 aliphatic heterocycles. The first-order chi connectivity index (χ1) is 15.4. The van der Waals surface area contributed by atoms with Crippen LogP contribution in [-0.2, 0) is 12.7 Å². The zero-order valence-corrected chi connectivity index (χ0v) is 19.2. The Labute approximate surface area is 192 Å². The topological polar surface area (TPSA) is 54.5 Å². The van der Waals surface area contributed by atoms with Crippen LogP contribution in [0.4, 0.5) is 27.6 Å². The van der Waals surface area contributed by atoms with Crippen LogP contribution < -0.4 is 15.0 Å². The van der Waals surface area contributed by atoms with E-state index in [1.807, 2.05) is 6.92 Å². The third-order valence-corrected chi connectivity index (χ3v) is 6.28. The number of thiophene rings is 1. The molecule has 3 heterocycles. The smallest absolute Gasteiger partial charge is 0.417 e. The lowest BCUT2D eigenvalue weighted by molar-refractivity contribution is -0.137. The molecule has 33 heavy (non-hydrogen) atoms. The second-order valence-corrected chi connectivity index (χ2v) is 9.44. The predicted molar refractivity (Wildman–Crippen MR) is 116 cm³/mol. The lowest BCUT2D eigenvalue weighted by atomic mass is 10.1. The van der Waals surface area contributed by atoms with Gasteiger partial charge in [0.1, 0.15) is 12.3 Å². The molecule has 0 spiro atoms. The Bertz CT molecular complexity index is 958. The van der Waals surface area contributed by atoms with Crippen molar-refractivity contribution in [3.05, 3.63) is 39.7 Å². The van der Waals surface area contributed by atoms with Crippen molar-refractivity contribution in [2.45, 2.75) is 64.2 Å². The van der Waals surface area contributed by atoms with Crippen molar-refractivity contribution < 1.29 is 31.5 Å². The van der Waals surface area contributed by atoms with Gasteiger partial charge in [-0.15, -0.1) is 11.3 Å². The maximum atomic E-state index is 13.1. The maximum absolute atomic E-state index is 13.1. The first kappa shape index (κ1) is 25.2. The molecule has 1 amide bonds. The highest BCUT2D eigenvalue weighted by Gasteiger charge is 2.33. The third kappa shape index (κ3) is 7.28. The summed E-state index contributed by atoms with van der Waals surface area (Å²) < 4.78 is 70.4. The summed E-state index contributed by atoms with van der Waals surface area (Å²) >= 11 is 1.26. The molecule has 0 aliphatic carbocycles. The number of hydrogen-bond donors (Lipinski definition) is 1. The molecule has 182 valence electrons. The van der Waals surface area contributed by atoms with Gasteiger partial charge < -0.3 is 15.0 Å². The predicted octanol–water partition coefficient (Wildman–Crippen LogP) is 5.89. The Morgan fingerprint density at radius 1 is 1.27 bits per heavy atom. The molecular weight excluding hydrogens is 465 g/mol. The Hall–Kier alpha value is -2.43. The van der Waals surface area contributed by atoms with Crippen LogP contribution in [0, 0.1) is 0 Å². The second kappa shape index (κ2) is 10.2. The van der Waals surface area contributed by atoms with Gasteiger partial charge in [-0.25, -0.2) is 13.8 Å². The van der Waals surface area contributed by atoms with Crippen LogP contribution in [-0.4, -0.2) is 36.0 Å². The number of hydrogen-bond acceptors (Lipinski definition) is 5. The summed E-state index contributed by atoms with van der Waals surface area (Å²) in [6.07, 6.45) is -2.35. The number of unbranched alkanes of at least 4 members (excludes halogenated alkanes) is 1. The Morgan fingerprint density at radius 3 is 2.73 bits per heavy atom. The molecular formula is C22H26F5N3O2S. The van der Waals surface area contributed by atoms with E-state index in [0.29, 0.717) is 43.8 Å². The van der Waals surface area contributed by atoms with Crippen molar-refractivity contribution in [2.75, 3.05) is 18.1 Å². The maximum Gasteiger partial charge on any atom is 0.417 e. The summed E-state index contributed by atoms with van der Waals surface area (Å²) in [4.78, 5) is 19.4. The van der Waals surface area contributed by atoms with Gasteiger partial charge in [-0.1, -0.05) is 6.42 Å². The Balaban J connectivity index is 1.57. The molecule has 0 saturated carbocycles. The molecule has 0 bridgehead atoms. The van der Waals surface area contributed by atoms with E-state index in [2.05, 4.69) is 10.3 Å². The van der Waals surface area contributed by atoms with Crippen LogP contribution in [0.25, 0.3) is 0 Å². The molecule has 2 aromatic heterocycles. The van der Waals surface area contributed by atoms with Gasteiger partial charge in [0.25, 0.3) is 5.91 Å². The normalized spacial score (nSPS) is 15.1. The number of carbonyl (C=O) groups excluding carboxylic acids is 1. The first-order valence-corrected chi connectivity index (χ1v) is 11.5. The molecule has 0 fully saturated rings. The number of rotatable bonds is 9. The number of aromatic nitrogens is 1. The van der Waals surface area contributed by atoms with E-state index in [-0.39, 0.29) is 29.9 Å². The molecule has 0 unspecified atom stereocenters. The lowest BCUT2D eigenvalue weighted by Crippen LogP contribution is -2.33. The minimum Gasteiger partial charge on any atom is -0.474 e. The van der Waals surface area contributed by atoms with Gasteiger partial charge in [-0.3, -0.25) is 4.79 Å². The number of nitrogens with one attached hydrogen (secondary N) is 1. The number of anilines is 1. The van der Waals surface area contributed by atoms with Gasteiger partial charge >= 0.3 is 6.18 Å². The minimum absolute atomic E-state index is 0.151. The Morgan fingerprint density at radius 2 is 2.03 bits per heavy atom. The average Bonchev–Trinajstić information content (AvgIpc) is 3.18. The quantitative estimate of drug-likeness (QED) is 0.351. The average molecular weight is 492 g/mol. The Kier molecular flexibility index (Phi) is 7.81. The van der Waals surface area contributed by atoms with Crippen LogP contribution in [0.3, 0.4) is 0 Å². The van der Waals surface area contributed by atoms with Gasteiger partial charge in [0.05, 0.1) is 23.5 Å². The summed E-state index contributed by atoms with van der Waals surface area (Å²) in [6, 6.07) is 4.31. The summed E-state index contributed by atoms with van der Waals surface area (Å²) in [6.45, 7) is 3.73. The van der Waals surface area contributed by atoms with Gasteiger partial charge in [0.2, 0.25) is 11.8 Å². The highest BCUT2D eigenvalue weighted by molar-refractivity contribution is 7.14. The van der Waals surface area contributed by atoms with E-state index in [9.17, 15) is 26.7 Å². The molecule has 0 aromatic carbocycles. The molecule has 2 aromatic rings. The fraction of sp³-hybridized carbons (Fsp3) is 0.545. The van der Waals surface area contributed by atoms with Crippen LogP contribution in [0.5, 0.6) is 5.88 Å². The number of fused-ring (bicyclic) bond motifs is 1. The summed E-state index contributed by atoms with van der Waals surface area (Å²) in [5, 5.41) is 2.87. The monoisotopic (exact) mass is 491 g/mol. The molecule has 1 aliphatic rings. The third-order valence-electron chi connectivity index (χ3n) is 5.21. The fourth-order valence-electron chi connectivity index (χ4n) is 3.50. The zero-order valence-electron chi connectivity index (χ0n) is 18.3. The molecule has 1 atom stereocenters. The van der Waals surface area contributed by atoms with Crippen LogP contribution in [0.2, 0.25) is 0 Å².